The van der Waals surface area contributed by atoms with Crippen LogP contribution in [0.1, 0.15) is 170 Å². The Morgan fingerprint density at radius 2 is 1.67 bits per heavy atom. The molecule has 9 atom stereocenters. The van der Waals surface area contributed by atoms with E-state index in [-0.39, 0.29) is 17.5 Å². The summed E-state index contributed by atoms with van der Waals surface area (Å²) in [6.45, 7) is 14.8. The van der Waals surface area contributed by atoms with Gasteiger partial charge in [0.2, 0.25) is 0 Å². The topological polar surface area (TPSA) is 55.8 Å². The Hall–Kier alpha value is -1.91. The Kier molecular flexibility index (Phi) is 17.3. The number of allylic oxidation sites excluding steroid dienone is 8. The van der Waals surface area contributed by atoms with Crippen molar-refractivity contribution < 1.29 is 19.7 Å². The number of unbranched alkanes of at least 4 members (excludes halogenated alkanes) is 3. The number of carbonyl (C=O) groups excluding carboxylic acids is 1. The molecule has 51 heavy (non-hydrogen) atoms. The van der Waals surface area contributed by atoms with Gasteiger partial charge in [0, 0.05) is 12.8 Å². The molecule has 0 saturated heterocycles. The summed E-state index contributed by atoms with van der Waals surface area (Å²) in [6.07, 6.45) is 41.4. The van der Waals surface area contributed by atoms with Gasteiger partial charge in [-0.1, -0.05) is 134 Å². The molecule has 0 aromatic heterocycles. The molecule has 3 saturated carbocycles. The van der Waals surface area contributed by atoms with E-state index in [9.17, 15) is 10.1 Å². The standard InChI is InChI=1S/C47H76O4/c1-7-8-9-10-11-12-13-14-15-16-17-18-19-24-39(51-49)25-21-26-45(48)50-40-31-33-46(5)38(35-40)27-28-41-43-30-29-42(37(4)23-20-22-36(2)3)47(43,6)34-32-44(41)46/h11-12,14-15,17-19,24,27,36-37,39-44,49H,7-10,13,16,20-23,25-26,28-35H2,1-6H3/b12-11-,15-14-,18-17-,24-19+/t37-,39?,40+,41+,42-,43+,44+,46+,47-/m1/s1. The van der Waals surface area contributed by atoms with E-state index in [1.54, 1.807) is 5.57 Å². The van der Waals surface area contributed by atoms with Crippen LogP contribution in [0.2, 0.25) is 0 Å². The van der Waals surface area contributed by atoms with Crippen molar-refractivity contribution >= 4 is 5.97 Å². The molecule has 0 heterocycles. The highest BCUT2D eigenvalue weighted by Crippen LogP contribution is 2.67. The predicted molar refractivity (Wildman–Crippen MR) is 214 cm³/mol. The third-order valence-electron chi connectivity index (χ3n) is 14.0. The Morgan fingerprint density at radius 3 is 2.43 bits per heavy atom. The number of carbonyl (C=O) groups is 1. The number of hydrogen-bond acceptors (Lipinski definition) is 4. The lowest BCUT2D eigenvalue weighted by atomic mass is 9.47. The van der Waals surface area contributed by atoms with Crippen molar-refractivity contribution in [1.29, 1.82) is 0 Å². The van der Waals surface area contributed by atoms with Crippen LogP contribution in [0.3, 0.4) is 0 Å². The van der Waals surface area contributed by atoms with Crippen LogP contribution in [-0.4, -0.2) is 23.4 Å². The molecular weight excluding hydrogens is 629 g/mol. The van der Waals surface area contributed by atoms with Crippen LogP contribution in [-0.2, 0) is 14.4 Å². The molecule has 4 heteroatoms. The van der Waals surface area contributed by atoms with E-state index < -0.39 is 6.10 Å². The minimum atomic E-state index is -0.424. The third-order valence-corrected chi connectivity index (χ3v) is 14.0. The zero-order chi connectivity index (χ0) is 36.7. The molecule has 4 aliphatic carbocycles. The predicted octanol–water partition coefficient (Wildman–Crippen LogP) is 13.6. The normalized spacial score (nSPS) is 32.1. The molecule has 0 aromatic carbocycles. The van der Waals surface area contributed by atoms with Crippen molar-refractivity contribution in [3.8, 4) is 0 Å². The molecule has 4 rings (SSSR count). The third kappa shape index (κ3) is 11.8. The smallest absolute Gasteiger partial charge is 0.306 e. The zero-order valence-corrected chi connectivity index (χ0v) is 33.6. The highest BCUT2D eigenvalue weighted by Gasteiger charge is 2.59. The Labute approximate surface area is 313 Å². The fourth-order valence-corrected chi connectivity index (χ4v) is 11.1. The van der Waals surface area contributed by atoms with Crippen LogP contribution in [0, 0.1) is 46.3 Å². The molecule has 3 fully saturated rings. The fraction of sp³-hybridized carbons (Fsp3) is 0.766. The second kappa shape index (κ2) is 21.1. The number of rotatable bonds is 21. The maximum Gasteiger partial charge on any atom is 0.306 e. The van der Waals surface area contributed by atoms with E-state index in [2.05, 4.69) is 82.9 Å². The lowest BCUT2D eigenvalue weighted by Crippen LogP contribution is -2.51. The number of fused-ring (bicyclic) bond motifs is 5. The van der Waals surface area contributed by atoms with Crippen LogP contribution in [0.25, 0.3) is 0 Å². The average molecular weight is 705 g/mol. The first kappa shape index (κ1) is 41.8. The molecular formula is C47H76O4. The van der Waals surface area contributed by atoms with Crippen LogP contribution >= 0.6 is 0 Å². The maximum absolute atomic E-state index is 12.9. The van der Waals surface area contributed by atoms with E-state index in [1.807, 2.05) is 18.2 Å². The zero-order valence-electron chi connectivity index (χ0n) is 33.6. The first-order valence-corrected chi connectivity index (χ1v) is 21.4. The van der Waals surface area contributed by atoms with Crippen LogP contribution in [0.15, 0.2) is 60.3 Å². The minimum Gasteiger partial charge on any atom is -0.462 e. The van der Waals surface area contributed by atoms with Gasteiger partial charge in [-0.25, -0.2) is 4.89 Å². The summed E-state index contributed by atoms with van der Waals surface area (Å²) in [6, 6.07) is 0. The molecule has 4 aliphatic rings. The first-order valence-electron chi connectivity index (χ1n) is 21.4. The molecule has 0 bridgehead atoms. The van der Waals surface area contributed by atoms with E-state index >= 15 is 0 Å². The average Bonchev–Trinajstić information content (AvgIpc) is 3.46. The summed E-state index contributed by atoms with van der Waals surface area (Å²) in [7, 11) is 0. The Bertz CT molecular complexity index is 1190. The SMILES string of the molecule is CCCCC/C=C\C/C=C\C/C=C\C=C\C(CCCC(=O)O[C@H]1CC[C@@]2(C)C(=CC[C@H]3[C@@H]4CC[C@H]([C@H](C)CCCC(C)C)[C@@]4(C)CC[C@@H]32)C1)OO. The summed E-state index contributed by atoms with van der Waals surface area (Å²) in [5.41, 5.74) is 2.36. The minimum absolute atomic E-state index is 0.00410. The fourth-order valence-electron chi connectivity index (χ4n) is 11.1. The summed E-state index contributed by atoms with van der Waals surface area (Å²) >= 11 is 0. The van der Waals surface area contributed by atoms with Gasteiger partial charge in [-0.05, 0) is 130 Å². The van der Waals surface area contributed by atoms with Crippen LogP contribution < -0.4 is 0 Å². The molecule has 0 radical (unpaired) electrons. The largest absolute Gasteiger partial charge is 0.462 e. The van der Waals surface area contributed by atoms with Crippen molar-refractivity contribution in [3.63, 3.8) is 0 Å². The van der Waals surface area contributed by atoms with Gasteiger partial charge in [-0.3, -0.25) is 10.1 Å². The van der Waals surface area contributed by atoms with Crippen molar-refractivity contribution in [3.05, 3.63) is 60.3 Å². The van der Waals surface area contributed by atoms with E-state index in [0.29, 0.717) is 24.7 Å². The molecule has 0 aliphatic heterocycles. The Balaban J connectivity index is 1.16. The maximum atomic E-state index is 12.9. The van der Waals surface area contributed by atoms with Gasteiger partial charge in [0.1, 0.15) is 12.2 Å². The first-order chi connectivity index (χ1) is 24.6. The lowest BCUT2D eigenvalue weighted by molar-refractivity contribution is -0.267. The number of esters is 1. The molecule has 288 valence electrons. The molecule has 4 nitrogen and oxygen atoms in total. The van der Waals surface area contributed by atoms with Gasteiger partial charge < -0.3 is 4.74 Å². The highest BCUT2D eigenvalue weighted by molar-refractivity contribution is 5.69. The van der Waals surface area contributed by atoms with E-state index in [4.69, 9.17) is 4.74 Å². The molecule has 0 spiro atoms. The van der Waals surface area contributed by atoms with E-state index in [0.717, 1.165) is 67.6 Å². The summed E-state index contributed by atoms with van der Waals surface area (Å²) in [5, 5.41) is 9.39. The van der Waals surface area contributed by atoms with Crippen molar-refractivity contribution in [1.82, 2.24) is 0 Å². The Morgan fingerprint density at radius 1 is 0.882 bits per heavy atom. The van der Waals surface area contributed by atoms with Gasteiger partial charge in [0.25, 0.3) is 0 Å². The van der Waals surface area contributed by atoms with E-state index in [1.165, 1.54) is 77.0 Å². The molecule has 0 aromatic rings. The lowest BCUT2D eigenvalue weighted by Gasteiger charge is -2.58. The van der Waals surface area contributed by atoms with Gasteiger partial charge >= 0.3 is 5.97 Å². The number of ether oxygens (including phenoxy) is 1. The summed E-state index contributed by atoms with van der Waals surface area (Å²) in [4.78, 5) is 17.6. The van der Waals surface area contributed by atoms with Gasteiger partial charge in [0.15, 0.2) is 0 Å². The second-order valence-electron chi connectivity index (χ2n) is 17.9. The van der Waals surface area contributed by atoms with Gasteiger partial charge in [-0.15, -0.1) is 0 Å². The van der Waals surface area contributed by atoms with Crippen molar-refractivity contribution in [2.75, 3.05) is 0 Å². The molecule has 0 amide bonds. The molecule has 1 unspecified atom stereocenters. The summed E-state index contributed by atoms with van der Waals surface area (Å²) in [5.74, 6) is 4.92. The van der Waals surface area contributed by atoms with Crippen LogP contribution in [0.4, 0.5) is 0 Å². The molecule has 1 N–H and O–H groups in total. The van der Waals surface area contributed by atoms with Gasteiger partial charge in [0.05, 0.1) is 0 Å². The highest BCUT2D eigenvalue weighted by atomic mass is 17.1. The quantitative estimate of drug-likeness (QED) is 0.0323. The van der Waals surface area contributed by atoms with Crippen LogP contribution in [0.5, 0.6) is 0 Å². The van der Waals surface area contributed by atoms with Crippen molar-refractivity contribution in [2.45, 2.75) is 182 Å². The van der Waals surface area contributed by atoms with Crippen molar-refractivity contribution in [2.24, 2.45) is 46.3 Å². The summed E-state index contributed by atoms with van der Waals surface area (Å²) < 4.78 is 6.07. The number of hydrogen-bond donors (Lipinski definition) is 1. The second-order valence-corrected chi connectivity index (χ2v) is 17.9. The van der Waals surface area contributed by atoms with Gasteiger partial charge in [-0.2, -0.15) is 0 Å². The monoisotopic (exact) mass is 705 g/mol.